The number of hydrogen-bond acceptors (Lipinski definition) is 5. The van der Waals surface area contributed by atoms with Crippen molar-refractivity contribution in [1.29, 1.82) is 0 Å². The summed E-state index contributed by atoms with van der Waals surface area (Å²) in [5.41, 5.74) is 3.67. The molecule has 0 aliphatic carbocycles. The highest BCUT2D eigenvalue weighted by Gasteiger charge is 2.14. The molecule has 0 heterocycles. The molecule has 136 valence electrons. The molecular formula is C22H19NO4. The van der Waals surface area contributed by atoms with Gasteiger partial charge in [0.2, 0.25) is 0 Å². The molecule has 5 heteroatoms. The molecule has 5 nitrogen and oxygen atoms in total. The third-order valence-corrected chi connectivity index (χ3v) is 4.11. The monoisotopic (exact) mass is 361 g/mol. The van der Waals surface area contributed by atoms with Crippen LogP contribution in [0.2, 0.25) is 0 Å². The van der Waals surface area contributed by atoms with Crippen molar-refractivity contribution >= 4 is 29.0 Å². The third-order valence-electron chi connectivity index (χ3n) is 4.11. The number of carbonyl (C=O) groups is 2. The van der Waals surface area contributed by atoms with Crippen LogP contribution in [-0.2, 0) is 9.47 Å². The van der Waals surface area contributed by atoms with Crippen molar-refractivity contribution in [2.75, 3.05) is 19.1 Å². The standard InChI is InChI=1S/C22H19NO4/c1-26-21(24)16-8-12-19(13-9-16)23(18-6-4-3-5-7-18)20-14-10-17(11-15-20)22(25)27-2/h3-15H,1-2H3. The van der Waals surface area contributed by atoms with Gasteiger partial charge >= 0.3 is 11.9 Å². The molecule has 0 aromatic heterocycles. The van der Waals surface area contributed by atoms with E-state index in [1.54, 1.807) is 24.3 Å². The second kappa shape index (κ2) is 8.19. The van der Waals surface area contributed by atoms with Gasteiger partial charge in [0.05, 0.1) is 25.3 Å². The maximum Gasteiger partial charge on any atom is 0.337 e. The van der Waals surface area contributed by atoms with Gasteiger partial charge in [-0.1, -0.05) is 18.2 Å². The van der Waals surface area contributed by atoms with E-state index in [2.05, 4.69) is 0 Å². The molecule has 3 aromatic rings. The van der Waals surface area contributed by atoms with Crippen LogP contribution < -0.4 is 4.90 Å². The Morgan fingerprint density at radius 3 is 1.33 bits per heavy atom. The molecule has 0 bridgehead atoms. The number of anilines is 3. The van der Waals surface area contributed by atoms with Crippen LogP contribution in [0.15, 0.2) is 78.9 Å². The Morgan fingerprint density at radius 1 is 0.593 bits per heavy atom. The fraction of sp³-hybridized carbons (Fsp3) is 0.0909. The van der Waals surface area contributed by atoms with Crippen molar-refractivity contribution in [2.24, 2.45) is 0 Å². The second-order valence-corrected chi connectivity index (χ2v) is 5.75. The van der Waals surface area contributed by atoms with Gasteiger partial charge in [0.15, 0.2) is 0 Å². The van der Waals surface area contributed by atoms with E-state index in [0.29, 0.717) is 11.1 Å². The minimum absolute atomic E-state index is 0.379. The highest BCUT2D eigenvalue weighted by Crippen LogP contribution is 2.34. The summed E-state index contributed by atoms with van der Waals surface area (Å²) in [4.78, 5) is 25.4. The molecule has 0 N–H and O–H groups in total. The van der Waals surface area contributed by atoms with E-state index < -0.39 is 0 Å². The van der Waals surface area contributed by atoms with Crippen LogP contribution in [0, 0.1) is 0 Å². The Bertz CT molecular complexity index is 859. The number of rotatable bonds is 5. The van der Waals surface area contributed by atoms with E-state index in [4.69, 9.17) is 9.47 Å². The zero-order valence-electron chi connectivity index (χ0n) is 15.1. The van der Waals surface area contributed by atoms with Gasteiger partial charge in [-0.15, -0.1) is 0 Å². The predicted molar refractivity (Wildman–Crippen MR) is 104 cm³/mol. The summed E-state index contributed by atoms with van der Waals surface area (Å²) in [6.45, 7) is 0. The number of methoxy groups -OCH3 is 2. The molecule has 27 heavy (non-hydrogen) atoms. The average molecular weight is 361 g/mol. The summed E-state index contributed by atoms with van der Waals surface area (Å²) in [5, 5.41) is 0. The Morgan fingerprint density at radius 2 is 0.963 bits per heavy atom. The molecular weight excluding hydrogens is 342 g/mol. The minimum atomic E-state index is -0.379. The van der Waals surface area contributed by atoms with Gasteiger partial charge in [-0.2, -0.15) is 0 Å². The van der Waals surface area contributed by atoms with Gasteiger partial charge in [0.1, 0.15) is 0 Å². The Kier molecular flexibility index (Phi) is 5.52. The maximum absolute atomic E-state index is 11.7. The van der Waals surface area contributed by atoms with E-state index in [1.807, 2.05) is 59.5 Å². The van der Waals surface area contributed by atoms with Crippen molar-refractivity contribution in [3.63, 3.8) is 0 Å². The van der Waals surface area contributed by atoms with E-state index in [1.165, 1.54) is 14.2 Å². The van der Waals surface area contributed by atoms with Crippen molar-refractivity contribution in [2.45, 2.75) is 0 Å². The molecule has 0 spiro atoms. The fourth-order valence-corrected chi connectivity index (χ4v) is 2.75. The van der Waals surface area contributed by atoms with Crippen LogP contribution >= 0.6 is 0 Å². The summed E-state index contributed by atoms with van der Waals surface area (Å²) < 4.78 is 9.51. The summed E-state index contributed by atoms with van der Waals surface area (Å²) in [6.07, 6.45) is 0. The number of para-hydroxylation sites is 1. The lowest BCUT2D eigenvalue weighted by atomic mass is 10.1. The molecule has 0 saturated heterocycles. The lowest BCUT2D eigenvalue weighted by Crippen LogP contribution is -2.11. The second-order valence-electron chi connectivity index (χ2n) is 5.75. The van der Waals surface area contributed by atoms with Gasteiger partial charge < -0.3 is 14.4 Å². The molecule has 3 aromatic carbocycles. The largest absolute Gasteiger partial charge is 0.465 e. The number of hydrogen-bond donors (Lipinski definition) is 0. The first-order chi connectivity index (χ1) is 13.1. The Hall–Kier alpha value is -3.60. The van der Waals surface area contributed by atoms with Gasteiger partial charge in [0.25, 0.3) is 0 Å². The van der Waals surface area contributed by atoms with Crippen LogP contribution in [0.25, 0.3) is 0 Å². The first-order valence-corrected chi connectivity index (χ1v) is 8.36. The number of carbonyl (C=O) groups excluding carboxylic acids is 2. The number of nitrogens with zero attached hydrogens (tertiary/aromatic N) is 1. The van der Waals surface area contributed by atoms with Gasteiger partial charge in [-0.25, -0.2) is 9.59 Å². The summed E-state index contributed by atoms with van der Waals surface area (Å²) in [6, 6.07) is 24.1. The molecule has 0 aliphatic rings. The highest BCUT2D eigenvalue weighted by atomic mass is 16.5. The normalized spacial score (nSPS) is 10.1. The molecule has 0 saturated carbocycles. The molecule has 0 fully saturated rings. The highest BCUT2D eigenvalue weighted by molar-refractivity contribution is 5.91. The first kappa shape index (κ1) is 18.2. The zero-order valence-corrected chi connectivity index (χ0v) is 15.1. The summed E-state index contributed by atoms with van der Waals surface area (Å²) in [5.74, 6) is -0.759. The van der Waals surface area contributed by atoms with Gasteiger partial charge in [0, 0.05) is 17.1 Å². The lowest BCUT2D eigenvalue weighted by molar-refractivity contribution is 0.0592. The molecule has 3 rings (SSSR count). The molecule has 0 radical (unpaired) electrons. The fourth-order valence-electron chi connectivity index (χ4n) is 2.75. The number of ether oxygens (including phenoxy) is 2. The number of benzene rings is 3. The third kappa shape index (κ3) is 3.98. The van der Waals surface area contributed by atoms with Crippen LogP contribution in [0.5, 0.6) is 0 Å². The average Bonchev–Trinajstić information content (AvgIpc) is 2.74. The lowest BCUT2D eigenvalue weighted by Gasteiger charge is -2.25. The van der Waals surface area contributed by atoms with Crippen molar-refractivity contribution in [3.05, 3.63) is 90.0 Å². The Balaban J connectivity index is 2.02. The van der Waals surface area contributed by atoms with E-state index in [-0.39, 0.29) is 11.9 Å². The van der Waals surface area contributed by atoms with E-state index >= 15 is 0 Å². The van der Waals surface area contributed by atoms with Crippen molar-refractivity contribution < 1.29 is 19.1 Å². The predicted octanol–water partition coefficient (Wildman–Crippen LogP) is 4.73. The van der Waals surface area contributed by atoms with Crippen LogP contribution in [0.3, 0.4) is 0 Å². The van der Waals surface area contributed by atoms with Crippen molar-refractivity contribution in [3.8, 4) is 0 Å². The summed E-state index contributed by atoms with van der Waals surface area (Å²) in [7, 11) is 2.71. The molecule has 0 amide bonds. The summed E-state index contributed by atoms with van der Waals surface area (Å²) >= 11 is 0. The van der Waals surface area contributed by atoms with E-state index in [9.17, 15) is 9.59 Å². The van der Waals surface area contributed by atoms with E-state index in [0.717, 1.165) is 17.1 Å². The molecule has 0 aliphatic heterocycles. The first-order valence-electron chi connectivity index (χ1n) is 8.36. The van der Waals surface area contributed by atoms with Crippen LogP contribution in [-0.4, -0.2) is 26.2 Å². The van der Waals surface area contributed by atoms with Gasteiger partial charge in [-0.3, -0.25) is 0 Å². The van der Waals surface area contributed by atoms with Crippen molar-refractivity contribution in [1.82, 2.24) is 0 Å². The smallest absolute Gasteiger partial charge is 0.337 e. The SMILES string of the molecule is COC(=O)c1ccc(N(c2ccccc2)c2ccc(C(=O)OC)cc2)cc1. The molecule has 0 atom stereocenters. The Labute approximate surface area is 157 Å². The van der Waals surface area contributed by atoms with Crippen LogP contribution in [0.1, 0.15) is 20.7 Å². The zero-order chi connectivity index (χ0) is 19.2. The quantitative estimate of drug-likeness (QED) is 0.615. The van der Waals surface area contributed by atoms with Gasteiger partial charge in [-0.05, 0) is 60.7 Å². The van der Waals surface area contributed by atoms with Crippen LogP contribution in [0.4, 0.5) is 17.1 Å². The maximum atomic E-state index is 11.7. The number of esters is 2. The topological polar surface area (TPSA) is 55.8 Å². The minimum Gasteiger partial charge on any atom is -0.465 e. The molecule has 0 unspecified atom stereocenters.